The third-order valence-electron chi connectivity index (χ3n) is 3.07. The van der Waals surface area contributed by atoms with Gasteiger partial charge in [0, 0.05) is 18.5 Å². The van der Waals surface area contributed by atoms with Gasteiger partial charge in [0.25, 0.3) is 0 Å². The molecule has 1 atom stereocenters. The van der Waals surface area contributed by atoms with E-state index in [4.69, 9.17) is 0 Å². The SMILES string of the molecule is CCC[C@H](Nc1ccccc1)N1C(=O)CCC1=O. The summed E-state index contributed by atoms with van der Waals surface area (Å²) in [4.78, 5) is 24.9. The van der Waals surface area contributed by atoms with Gasteiger partial charge in [0.1, 0.15) is 6.17 Å². The number of carbonyl (C=O) groups excluding carboxylic acids is 2. The quantitative estimate of drug-likeness (QED) is 0.811. The Bertz CT molecular complexity index is 415. The first kappa shape index (κ1) is 12.6. The standard InChI is InChI=1S/C14H18N2O2/c1-2-6-12(15-11-7-4-3-5-8-11)16-13(17)9-10-14(16)18/h3-5,7-8,12,15H,2,6,9-10H2,1H3/t12-/m1/s1. The Kier molecular flexibility index (Phi) is 3.97. The molecule has 0 bridgehead atoms. The lowest BCUT2D eigenvalue weighted by atomic mass is 10.2. The number of imide groups is 1. The van der Waals surface area contributed by atoms with Gasteiger partial charge in [-0.2, -0.15) is 0 Å². The summed E-state index contributed by atoms with van der Waals surface area (Å²) in [5.74, 6) is -0.135. The minimum atomic E-state index is -0.222. The first-order chi connectivity index (χ1) is 8.72. The number of anilines is 1. The number of hydrogen-bond acceptors (Lipinski definition) is 3. The zero-order chi connectivity index (χ0) is 13.0. The molecule has 0 radical (unpaired) electrons. The zero-order valence-electron chi connectivity index (χ0n) is 10.6. The second-order valence-corrected chi connectivity index (χ2v) is 4.47. The molecule has 4 nitrogen and oxygen atoms in total. The topological polar surface area (TPSA) is 49.4 Å². The number of nitrogens with zero attached hydrogens (tertiary/aromatic N) is 1. The Labute approximate surface area is 107 Å². The van der Waals surface area contributed by atoms with E-state index >= 15 is 0 Å². The molecule has 1 fully saturated rings. The lowest BCUT2D eigenvalue weighted by Crippen LogP contribution is -2.44. The molecule has 0 aliphatic carbocycles. The fourth-order valence-electron chi connectivity index (χ4n) is 2.21. The molecule has 1 aliphatic heterocycles. The highest BCUT2D eigenvalue weighted by Crippen LogP contribution is 2.20. The molecule has 1 aromatic rings. The van der Waals surface area contributed by atoms with E-state index in [2.05, 4.69) is 5.32 Å². The summed E-state index contributed by atoms with van der Waals surface area (Å²) in [5.41, 5.74) is 0.934. The summed E-state index contributed by atoms with van der Waals surface area (Å²) in [5, 5.41) is 3.27. The molecule has 1 aromatic carbocycles. The molecule has 4 heteroatoms. The molecule has 0 unspecified atom stereocenters. The van der Waals surface area contributed by atoms with Crippen molar-refractivity contribution < 1.29 is 9.59 Å². The van der Waals surface area contributed by atoms with Crippen LogP contribution in [0, 0.1) is 0 Å². The predicted molar refractivity (Wildman–Crippen MR) is 69.8 cm³/mol. The van der Waals surface area contributed by atoms with Gasteiger partial charge in [0.2, 0.25) is 11.8 Å². The number of rotatable bonds is 5. The minimum absolute atomic E-state index is 0.0677. The van der Waals surface area contributed by atoms with Gasteiger partial charge in [-0.3, -0.25) is 14.5 Å². The third-order valence-corrected chi connectivity index (χ3v) is 3.07. The average molecular weight is 246 g/mol. The molecule has 2 amide bonds. The monoisotopic (exact) mass is 246 g/mol. The molecule has 1 saturated heterocycles. The number of benzene rings is 1. The first-order valence-electron chi connectivity index (χ1n) is 6.39. The van der Waals surface area contributed by atoms with Crippen LogP contribution in [-0.2, 0) is 9.59 Å². The maximum atomic E-state index is 11.8. The van der Waals surface area contributed by atoms with E-state index < -0.39 is 0 Å². The summed E-state index contributed by atoms with van der Waals surface area (Å²) in [6, 6.07) is 9.67. The number of likely N-dealkylation sites (tertiary alicyclic amines) is 1. The molecule has 0 aromatic heterocycles. The zero-order valence-corrected chi connectivity index (χ0v) is 10.6. The van der Waals surface area contributed by atoms with Gasteiger partial charge in [-0.05, 0) is 18.6 Å². The molecule has 2 rings (SSSR count). The molecule has 0 saturated carbocycles. The number of carbonyl (C=O) groups is 2. The van der Waals surface area contributed by atoms with Crippen LogP contribution < -0.4 is 5.32 Å². The highest BCUT2D eigenvalue weighted by atomic mass is 16.2. The van der Waals surface area contributed by atoms with Crippen LogP contribution in [-0.4, -0.2) is 22.9 Å². The van der Waals surface area contributed by atoms with Crippen LogP contribution in [0.2, 0.25) is 0 Å². The Morgan fingerprint density at radius 3 is 2.33 bits per heavy atom. The van der Waals surface area contributed by atoms with E-state index in [9.17, 15) is 9.59 Å². The van der Waals surface area contributed by atoms with Gasteiger partial charge in [-0.25, -0.2) is 0 Å². The van der Waals surface area contributed by atoms with Crippen molar-refractivity contribution in [2.24, 2.45) is 0 Å². The Balaban J connectivity index is 2.13. The van der Waals surface area contributed by atoms with Gasteiger partial charge in [-0.15, -0.1) is 0 Å². The molecule has 0 spiro atoms. The fraction of sp³-hybridized carbons (Fsp3) is 0.429. The third kappa shape index (κ3) is 2.70. The lowest BCUT2D eigenvalue weighted by molar-refractivity contribution is -0.140. The second kappa shape index (κ2) is 5.67. The molecule has 96 valence electrons. The summed E-state index contributed by atoms with van der Waals surface area (Å²) < 4.78 is 0. The largest absolute Gasteiger partial charge is 0.365 e. The van der Waals surface area contributed by atoms with Crippen molar-refractivity contribution in [3.63, 3.8) is 0 Å². The van der Waals surface area contributed by atoms with Crippen LogP contribution in [0.4, 0.5) is 5.69 Å². The van der Waals surface area contributed by atoms with Crippen molar-refractivity contribution in [3.8, 4) is 0 Å². The van der Waals surface area contributed by atoms with E-state index in [1.807, 2.05) is 37.3 Å². The van der Waals surface area contributed by atoms with Crippen LogP contribution in [0.15, 0.2) is 30.3 Å². The van der Waals surface area contributed by atoms with E-state index in [1.54, 1.807) is 0 Å². The van der Waals surface area contributed by atoms with Crippen molar-refractivity contribution in [2.75, 3.05) is 5.32 Å². The lowest BCUT2D eigenvalue weighted by Gasteiger charge is -2.27. The number of amides is 2. The Morgan fingerprint density at radius 1 is 1.17 bits per heavy atom. The van der Waals surface area contributed by atoms with Gasteiger partial charge in [0.15, 0.2) is 0 Å². The summed E-state index contributed by atoms with van der Waals surface area (Å²) in [6.45, 7) is 2.05. The highest BCUT2D eigenvalue weighted by molar-refractivity contribution is 6.02. The molecular weight excluding hydrogens is 228 g/mol. The maximum Gasteiger partial charge on any atom is 0.231 e. The minimum Gasteiger partial charge on any atom is -0.365 e. The van der Waals surface area contributed by atoms with E-state index in [1.165, 1.54) is 4.90 Å². The van der Waals surface area contributed by atoms with Crippen LogP contribution in [0.5, 0.6) is 0 Å². The summed E-state index contributed by atoms with van der Waals surface area (Å²) in [6.07, 6.45) is 2.15. The van der Waals surface area contributed by atoms with Crippen molar-refractivity contribution in [1.82, 2.24) is 4.90 Å². The van der Waals surface area contributed by atoms with Crippen LogP contribution in [0.25, 0.3) is 0 Å². The second-order valence-electron chi connectivity index (χ2n) is 4.47. The van der Waals surface area contributed by atoms with Crippen molar-refractivity contribution >= 4 is 17.5 Å². The smallest absolute Gasteiger partial charge is 0.231 e. The van der Waals surface area contributed by atoms with Crippen molar-refractivity contribution in [2.45, 2.75) is 38.8 Å². The number of nitrogens with one attached hydrogen (secondary N) is 1. The normalized spacial score (nSPS) is 17.1. The van der Waals surface area contributed by atoms with E-state index in [0.29, 0.717) is 12.8 Å². The number of para-hydroxylation sites is 1. The van der Waals surface area contributed by atoms with Crippen LogP contribution in [0.1, 0.15) is 32.6 Å². The van der Waals surface area contributed by atoms with Gasteiger partial charge in [0.05, 0.1) is 0 Å². The molecular formula is C14H18N2O2. The average Bonchev–Trinajstić information content (AvgIpc) is 2.70. The molecule has 1 N–H and O–H groups in total. The van der Waals surface area contributed by atoms with E-state index in [0.717, 1.165) is 18.5 Å². The highest BCUT2D eigenvalue weighted by Gasteiger charge is 2.34. The van der Waals surface area contributed by atoms with Gasteiger partial charge < -0.3 is 5.32 Å². The Morgan fingerprint density at radius 2 is 1.78 bits per heavy atom. The van der Waals surface area contributed by atoms with Crippen molar-refractivity contribution in [1.29, 1.82) is 0 Å². The molecule has 18 heavy (non-hydrogen) atoms. The Hall–Kier alpha value is -1.84. The molecule has 1 heterocycles. The number of hydrogen-bond donors (Lipinski definition) is 1. The summed E-state index contributed by atoms with van der Waals surface area (Å²) in [7, 11) is 0. The predicted octanol–water partition coefficient (Wildman–Crippen LogP) is 2.37. The van der Waals surface area contributed by atoms with Gasteiger partial charge in [-0.1, -0.05) is 31.5 Å². The fourth-order valence-corrected chi connectivity index (χ4v) is 2.21. The first-order valence-corrected chi connectivity index (χ1v) is 6.39. The van der Waals surface area contributed by atoms with Gasteiger partial charge >= 0.3 is 0 Å². The van der Waals surface area contributed by atoms with Crippen molar-refractivity contribution in [3.05, 3.63) is 30.3 Å². The van der Waals surface area contributed by atoms with E-state index in [-0.39, 0.29) is 18.0 Å². The summed E-state index contributed by atoms with van der Waals surface area (Å²) >= 11 is 0. The van der Waals surface area contributed by atoms with Crippen LogP contribution >= 0.6 is 0 Å². The maximum absolute atomic E-state index is 11.8. The van der Waals surface area contributed by atoms with Crippen LogP contribution in [0.3, 0.4) is 0 Å². The molecule has 1 aliphatic rings.